The molecule has 2 atom stereocenters. The molecule has 0 spiro atoms. The first kappa shape index (κ1) is 13.6. The third-order valence-electron chi connectivity index (χ3n) is 3.29. The lowest BCUT2D eigenvalue weighted by Gasteiger charge is -2.19. The van der Waals surface area contributed by atoms with Crippen LogP contribution in [-0.4, -0.2) is 24.7 Å². The van der Waals surface area contributed by atoms with Crippen LogP contribution in [0.5, 0.6) is 0 Å². The van der Waals surface area contributed by atoms with Crippen LogP contribution in [0.4, 0.5) is 0 Å². The highest BCUT2D eigenvalue weighted by Gasteiger charge is 2.24. The zero-order valence-corrected chi connectivity index (χ0v) is 11.9. The Labute approximate surface area is 113 Å². The number of nitrogens with one attached hydrogen (secondary N) is 1. The molecular formula is C14H21NO2S. The Hall–Kier alpha value is -0.870. The zero-order valence-electron chi connectivity index (χ0n) is 11.1. The van der Waals surface area contributed by atoms with Crippen LogP contribution in [0.3, 0.4) is 0 Å². The van der Waals surface area contributed by atoms with Crippen molar-refractivity contribution in [2.45, 2.75) is 51.7 Å². The molecule has 18 heavy (non-hydrogen) atoms. The zero-order chi connectivity index (χ0) is 13.0. The minimum absolute atomic E-state index is 0.0246. The van der Waals surface area contributed by atoms with Crippen LogP contribution in [0, 0.1) is 0 Å². The second kappa shape index (κ2) is 6.34. The van der Waals surface area contributed by atoms with Crippen LogP contribution in [0.15, 0.2) is 11.4 Å². The van der Waals surface area contributed by atoms with Crippen LogP contribution in [0.1, 0.15) is 48.3 Å². The highest BCUT2D eigenvalue weighted by atomic mass is 32.1. The SMILES string of the molecule is CCCc1cc(C(=O)NC(C)C2CCCO2)cs1. The number of amides is 1. The Balaban J connectivity index is 1.89. The normalized spacial score (nSPS) is 20.9. The number of aryl methyl sites for hydroxylation is 1. The van der Waals surface area contributed by atoms with Crippen molar-refractivity contribution in [1.82, 2.24) is 5.32 Å². The Morgan fingerprint density at radius 1 is 1.67 bits per heavy atom. The third-order valence-corrected chi connectivity index (χ3v) is 4.29. The molecule has 1 aliphatic rings. The molecule has 1 aromatic heterocycles. The molecule has 0 aromatic carbocycles. The molecule has 1 fully saturated rings. The van der Waals surface area contributed by atoms with Gasteiger partial charge in [-0.25, -0.2) is 0 Å². The van der Waals surface area contributed by atoms with Crippen LogP contribution in [-0.2, 0) is 11.2 Å². The van der Waals surface area contributed by atoms with E-state index in [2.05, 4.69) is 12.2 Å². The van der Waals surface area contributed by atoms with Crippen LogP contribution >= 0.6 is 11.3 Å². The van der Waals surface area contributed by atoms with Crippen molar-refractivity contribution in [2.24, 2.45) is 0 Å². The summed E-state index contributed by atoms with van der Waals surface area (Å²) in [6.45, 7) is 5.00. The maximum atomic E-state index is 12.1. The predicted molar refractivity (Wildman–Crippen MR) is 74.2 cm³/mol. The molecule has 0 radical (unpaired) electrons. The predicted octanol–water partition coefficient (Wildman–Crippen LogP) is 3.00. The van der Waals surface area contributed by atoms with Gasteiger partial charge in [-0.3, -0.25) is 4.79 Å². The van der Waals surface area contributed by atoms with Crippen molar-refractivity contribution in [3.8, 4) is 0 Å². The summed E-state index contributed by atoms with van der Waals surface area (Å²) in [5, 5.41) is 4.98. The summed E-state index contributed by atoms with van der Waals surface area (Å²) in [7, 11) is 0. The van der Waals surface area contributed by atoms with Gasteiger partial charge in [-0.1, -0.05) is 13.3 Å². The smallest absolute Gasteiger partial charge is 0.252 e. The van der Waals surface area contributed by atoms with Gasteiger partial charge < -0.3 is 10.1 Å². The lowest BCUT2D eigenvalue weighted by atomic mass is 10.1. The number of thiophene rings is 1. The van der Waals surface area contributed by atoms with Gasteiger partial charge in [-0.05, 0) is 32.3 Å². The molecule has 1 saturated heterocycles. The van der Waals surface area contributed by atoms with Crippen molar-refractivity contribution in [1.29, 1.82) is 0 Å². The molecule has 2 unspecified atom stereocenters. The molecule has 1 N–H and O–H groups in total. The minimum Gasteiger partial charge on any atom is -0.376 e. The van der Waals surface area contributed by atoms with E-state index in [1.165, 1.54) is 4.88 Å². The lowest BCUT2D eigenvalue weighted by Crippen LogP contribution is -2.40. The van der Waals surface area contributed by atoms with E-state index in [9.17, 15) is 4.79 Å². The van der Waals surface area contributed by atoms with Crippen molar-refractivity contribution in [3.05, 3.63) is 21.9 Å². The monoisotopic (exact) mass is 267 g/mol. The van der Waals surface area contributed by atoms with Gasteiger partial charge in [0.25, 0.3) is 5.91 Å². The van der Waals surface area contributed by atoms with E-state index < -0.39 is 0 Å². The average molecular weight is 267 g/mol. The molecule has 0 bridgehead atoms. The molecule has 0 aliphatic carbocycles. The van der Waals surface area contributed by atoms with E-state index in [-0.39, 0.29) is 18.1 Å². The van der Waals surface area contributed by atoms with E-state index in [1.54, 1.807) is 11.3 Å². The fourth-order valence-corrected chi connectivity index (χ4v) is 3.23. The maximum Gasteiger partial charge on any atom is 0.252 e. The van der Waals surface area contributed by atoms with Crippen LogP contribution < -0.4 is 5.32 Å². The lowest BCUT2D eigenvalue weighted by molar-refractivity contribution is 0.0712. The summed E-state index contributed by atoms with van der Waals surface area (Å²) in [6.07, 6.45) is 4.51. The standard InChI is InChI=1S/C14H21NO2S/c1-3-5-12-8-11(9-18-12)14(16)15-10(2)13-6-4-7-17-13/h8-10,13H,3-7H2,1-2H3,(H,15,16). The largest absolute Gasteiger partial charge is 0.376 e. The van der Waals surface area contributed by atoms with E-state index in [1.807, 2.05) is 18.4 Å². The van der Waals surface area contributed by atoms with E-state index >= 15 is 0 Å². The average Bonchev–Trinajstić information content (AvgIpc) is 3.00. The molecule has 1 amide bonds. The third kappa shape index (κ3) is 3.33. The van der Waals surface area contributed by atoms with Crippen molar-refractivity contribution in [3.63, 3.8) is 0 Å². The molecule has 2 heterocycles. The quantitative estimate of drug-likeness (QED) is 0.890. The first-order chi connectivity index (χ1) is 8.70. The number of carbonyl (C=O) groups excluding carboxylic acids is 1. The molecule has 2 rings (SSSR count). The minimum atomic E-state index is 0.0246. The second-order valence-corrected chi connectivity index (χ2v) is 5.86. The molecular weight excluding hydrogens is 246 g/mol. The fourth-order valence-electron chi connectivity index (χ4n) is 2.26. The van der Waals surface area contributed by atoms with Gasteiger partial charge >= 0.3 is 0 Å². The summed E-state index contributed by atoms with van der Waals surface area (Å²) in [6, 6.07) is 2.10. The first-order valence-corrected chi connectivity index (χ1v) is 7.58. The number of hydrogen-bond acceptors (Lipinski definition) is 3. The summed E-state index contributed by atoms with van der Waals surface area (Å²) < 4.78 is 5.58. The van der Waals surface area contributed by atoms with Crippen LogP contribution in [0.25, 0.3) is 0 Å². The summed E-state index contributed by atoms with van der Waals surface area (Å²) in [5.74, 6) is 0.0246. The molecule has 1 aliphatic heterocycles. The molecule has 1 aromatic rings. The Morgan fingerprint density at radius 3 is 3.17 bits per heavy atom. The van der Waals surface area contributed by atoms with Crippen molar-refractivity contribution < 1.29 is 9.53 Å². The molecule has 0 saturated carbocycles. The summed E-state index contributed by atoms with van der Waals surface area (Å²) >= 11 is 1.67. The van der Waals surface area contributed by atoms with Gasteiger partial charge in [0.05, 0.1) is 17.7 Å². The van der Waals surface area contributed by atoms with Gasteiger partial charge in [0.2, 0.25) is 0 Å². The summed E-state index contributed by atoms with van der Waals surface area (Å²) in [4.78, 5) is 13.4. The highest BCUT2D eigenvalue weighted by Crippen LogP contribution is 2.18. The highest BCUT2D eigenvalue weighted by molar-refractivity contribution is 7.10. The van der Waals surface area contributed by atoms with Crippen LogP contribution in [0.2, 0.25) is 0 Å². The number of hydrogen-bond donors (Lipinski definition) is 1. The Kier molecular flexibility index (Phi) is 4.78. The van der Waals surface area contributed by atoms with Gasteiger partial charge in [0.1, 0.15) is 0 Å². The molecule has 3 nitrogen and oxygen atoms in total. The second-order valence-electron chi connectivity index (χ2n) is 4.87. The number of ether oxygens (including phenoxy) is 1. The van der Waals surface area contributed by atoms with Gasteiger partial charge in [-0.2, -0.15) is 0 Å². The fraction of sp³-hybridized carbons (Fsp3) is 0.643. The van der Waals surface area contributed by atoms with E-state index in [0.717, 1.165) is 37.9 Å². The molecule has 4 heteroatoms. The van der Waals surface area contributed by atoms with Gasteiger partial charge in [0, 0.05) is 16.9 Å². The Bertz CT molecular complexity index is 396. The van der Waals surface area contributed by atoms with Crippen molar-refractivity contribution >= 4 is 17.2 Å². The number of carbonyl (C=O) groups is 1. The Morgan fingerprint density at radius 2 is 2.50 bits per heavy atom. The topological polar surface area (TPSA) is 38.3 Å². The molecule has 100 valence electrons. The number of rotatable bonds is 5. The van der Waals surface area contributed by atoms with Gasteiger partial charge in [0.15, 0.2) is 0 Å². The van der Waals surface area contributed by atoms with E-state index in [4.69, 9.17) is 4.74 Å². The van der Waals surface area contributed by atoms with Gasteiger partial charge in [-0.15, -0.1) is 11.3 Å². The maximum absolute atomic E-state index is 12.1. The van der Waals surface area contributed by atoms with Crippen molar-refractivity contribution in [2.75, 3.05) is 6.61 Å². The van der Waals surface area contributed by atoms with E-state index in [0.29, 0.717) is 0 Å². The summed E-state index contributed by atoms with van der Waals surface area (Å²) in [5.41, 5.74) is 0.785. The first-order valence-electron chi connectivity index (χ1n) is 6.70.